The molecule has 0 aliphatic carbocycles. The van der Waals surface area contributed by atoms with E-state index in [2.05, 4.69) is 111 Å². The van der Waals surface area contributed by atoms with Gasteiger partial charge in [0.25, 0.3) is 0 Å². The number of nitrogens with one attached hydrogen (secondary N) is 4. The number of pyridine rings is 4. The Labute approximate surface area is 518 Å². The van der Waals surface area contributed by atoms with Gasteiger partial charge in [-0.05, 0) is 202 Å². The molecular weight excluding hydrogens is 1120 g/mol. The summed E-state index contributed by atoms with van der Waals surface area (Å²) in [6, 6.07) is 40.3. The number of aryl methyl sites for hydroxylation is 2. The molecule has 0 unspecified atom stereocenters. The van der Waals surface area contributed by atoms with E-state index in [0.29, 0.717) is 48.8 Å². The molecule has 4 aromatic carbocycles. The summed E-state index contributed by atoms with van der Waals surface area (Å²) < 4.78 is 23.7. The van der Waals surface area contributed by atoms with Gasteiger partial charge in [-0.1, -0.05) is 91.2 Å². The van der Waals surface area contributed by atoms with E-state index in [-0.39, 0.29) is 52.3 Å². The van der Waals surface area contributed by atoms with E-state index in [9.17, 15) is 23.6 Å². The van der Waals surface area contributed by atoms with Crippen LogP contribution in [0.1, 0.15) is 86.4 Å². The Morgan fingerprint density at radius 2 is 0.770 bits per heavy atom. The smallest absolute Gasteiger partial charge is 0.161 e. The molecule has 8 rings (SSSR count). The molecule has 0 saturated carbocycles. The van der Waals surface area contributed by atoms with E-state index < -0.39 is 5.82 Å². The Morgan fingerprint density at radius 1 is 0.437 bits per heavy atom. The SMILES string of the molecule is CN[C@@H](Cc1ccc(-c2cc(C)cc(C)c2)nc1)C(C)=O.CN[C@@H](Cc1ccc(-c2ccc(C(C)C)cc2)nc1)C(C)=O.CN[C@@H](Cc1ccc(-c2ccc(F)c(Cl)c2)nc1)C(C)=O.CN[C@@H](Cc1ccc(-c2ccc(OC)c(OC)c2)nc1)C(C)=O. The first-order chi connectivity index (χ1) is 41.6. The van der Waals surface area contributed by atoms with Crippen molar-refractivity contribution in [3.8, 4) is 56.5 Å². The minimum atomic E-state index is -0.449. The van der Waals surface area contributed by atoms with Crippen LogP contribution in [0.2, 0.25) is 5.02 Å². The Hall–Kier alpha value is -8.18. The number of benzene rings is 4. The van der Waals surface area contributed by atoms with Gasteiger partial charge in [0.1, 0.15) is 29.0 Å². The van der Waals surface area contributed by atoms with Gasteiger partial charge in [0.15, 0.2) is 11.5 Å². The van der Waals surface area contributed by atoms with Crippen molar-refractivity contribution in [3.63, 3.8) is 0 Å². The number of hydrogen-bond donors (Lipinski definition) is 4. The number of carbonyl (C=O) groups excluding carboxylic acids is 4. The standard InChI is InChI=1S/C19H24N2O.C18H22N2O3.C18H22N2O.C16H16ClFN2O/c1-13(2)16-6-8-17(9-7-16)18-10-5-15(12-21-18)11-19(20-4)14(3)22;1-12(21)16(19-2)9-13-5-7-15(20-11-13)14-6-8-17(22-3)18(10-14)23-4;1-12-7-13(2)9-16(8-12)17-6-5-15(11-20-17)10-18(19-4)14(3)21;1-10(21)16(19-2)7-11-3-6-15(20-9-11)12-4-5-14(18)13(17)8-12/h5-10,12-13,19-20H,11H2,1-4H3;5-8,10-11,16,19H,9H2,1-4H3;5-9,11,18-19H,10H2,1-4H3;3-6,8-9,16,19H,7H2,1-2H3/t19-;16-;18-;16-/m0000/s1. The van der Waals surface area contributed by atoms with Gasteiger partial charge < -0.3 is 30.7 Å². The maximum Gasteiger partial charge on any atom is 0.161 e. The minimum Gasteiger partial charge on any atom is -0.493 e. The largest absolute Gasteiger partial charge is 0.493 e. The third-order valence-electron chi connectivity index (χ3n) is 14.7. The van der Waals surface area contributed by atoms with E-state index in [1.54, 1.807) is 80.5 Å². The second-order valence-electron chi connectivity index (χ2n) is 21.7. The number of methoxy groups -OCH3 is 2. The average Bonchev–Trinajstić information content (AvgIpc) is 2.68. The average molecular weight is 1200 g/mol. The molecule has 0 spiro atoms. The van der Waals surface area contributed by atoms with Crippen LogP contribution in [-0.2, 0) is 44.9 Å². The number of ether oxygens (including phenoxy) is 2. The summed E-state index contributed by atoms with van der Waals surface area (Å²) in [5.41, 5.74) is 15.4. The Morgan fingerprint density at radius 3 is 1.08 bits per heavy atom. The lowest BCUT2D eigenvalue weighted by atomic mass is 10.00. The van der Waals surface area contributed by atoms with Crippen LogP contribution >= 0.6 is 11.6 Å². The van der Waals surface area contributed by atoms with Crippen LogP contribution in [0.15, 0.2) is 152 Å². The summed E-state index contributed by atoms with van der Waals surface area (Å²) in [6.07, 6.45) is 9.81. The lowest BCUT2D eigenvalue weighted by Crippen LogP contribution is -2.34. The molecule has 0 aliphatic heterocycles. The predicted molar refractivity (Wildman–Crippen MR) is 349 cm³/mol. The van der Waals surface area contributed by atoms with Crippen molar-refractivity contribution in [2.24, 2.45) is 0 Å². The highest BCUT2D eigenvalue weighted by Crippen LogP contribution is 2.32. The first-order valence-corrected chi connectivity index (χ1v) is 29.4. The number of carbonyl (C=O) groups is 4. The lowest BCUT2D eigenvalue weighted by molar-refractivity contribution is -0.119. The maximum absolute atomic E-state index is 13.1. The van der Waals surface area contributed by atoms with Crippen LogP contribution in [0.4, 0.5) is 4.39 Å². The van der Waals surface area contributed by atoms with Crippen molar-refractivity contribution >= 4 is 34.7 Å². The highest BCUT2D eigenvalue weighted by molar-refractivity contribution is 6.31. The number of Topliss-reactive ketones (excluding diaryl/α,β-unsaturated/α-hetero) is 4. The van der Waals surface area contributed by atoms with Crippen molar-refractivity contribution in [3.05, 3.63) is 202 Å². The summed E-state index contributed by atoms with van der Waals surface area (Å²) in [6.45, 7) is 14.9. The molecule has 0 amide bonds. The zero-order valence-corrected chi connectivity index (χ0v) is 53.4. The van der Waals surface area contributed by atoms with Gasteiger partial charge >= 0.3 is 0 Å². The van der Waals surface area contributed by atoms with Crippen LogP contribution in [-0.4, -0.2) is 110 Å². The highest BCUT2D eigenvalue weighted by Gasteiger charge is 2.17. The first-order valence-electron chi connectivity index (χ1n) is 29.0. The number of aromatic nitrogens is 4. The van der Waals surface area contributed by atoms with Crippen molar-refractivity contribution in [2.75, 3.05) is 42.4 Å². The molecule has 8 aromatic rings. The van der Waals surface area contributed by atoms with E-state index >= 15 is 0 Å². The number of rotatable bonds is 23. The normalized spacial score (nSPS) is 12.1. The number of nitrogens with zero attached hydrogens (tertiary/aromatic N) is 4. The number of halogens is 2. The molecular formula is C71H84ClFN8O6. The Kier molecular flexibility index (Phi) is 27.9. The fourth-order valence-electron chi connectivity index (χ4n) is 9.42. The molecule has 14 nitrogen and oxygen atoms in total. The maximum atomic E-state index is 13.1. The molecule has 4 N–H and O–H groups in total. The highest BCUT2D eigenvalue weighted by atomic mass is 35.5. The third kappa shape index (κ3) is 21.6. The predicted octanol–water partition coefficient (Wildman–Crippen LogP) is 12.4. The van der Waals surface area contributed by atoms with Gasteiger partial charge in [-0.3, -0.25) is 39.1 Å². The molecule has 87 heavy (non-hydrogen) atoms. The fourth-order valence-corrected chi connectivity index (χ4v) is 9.60. The molecule has 458 valence electrons. The van der Waals surface area contributed by atoms with Gasteiger partial charge in [0.05, 0.1) is 66.2 Å². The van der Waals surface area contributed by atoms with E-state index in [1.807, 2.05) is 93.2 Å². The molecule has 4 aromatic heterocycles. The zero-order chi connectivity index (χ0) is 63.7. The molecule has 0 bridgehead atoms. The Balaban J connectivity index is 0.000000212. The second-order valence-corrected chi connectivity index (χ2v) is 22.1. The van der Waals surface area contributed by atoms with Crippen LogP contribution in [0.5, 0.6) is 11.5 Å². The van der Waals surface area contributed by atoms with Crippen LogP contribution in [0.3, 0.4) is 0 Å². The summed E-state index contributed by atoms with van der Waals surface area (Å²) in [5.74, 6) is 1.95. The molecule has 4 atom stereocenters. The molecule has 16 heteroatoms. The van der Waals surface area contributed by atoms with Gasteiger partial charge in [-0.25, -0.2) is 4.39 Å². The quantitative estimate of drug-likeness (QED) is 0.0474. The monoisotopic (exact) mass is 1200 g/mol. The van der Waals surface area contributed by atoms with Crippen LogP contribution < -0.4 is 30.7 Å². The van der Waals surface area contributed by atoms with Crippen molar-refractivity contribution in [2.45, 2.75) is 111 Å². The Bertz CT molecular complexity index is 3470. The van der Waals surface area contributed by atoms with Gasteiger partial charge in [-0.2, -0.15) is 0 Å². The molecule has 0 saturated heterocycles. The molecule has 0 radical (unpaired) electrons. The number of hydrogen-bond acceptors (Lipinski definition) is 14. The minimum absolute atomic E-state index is 0.0743. The molecule has 4 heterocycles. The lowest BCUT2D eigenvalue weighted by Gasteiger charge is -2.13. The van der Waals surface area contributed by atoms with E-state index in [1.165, 1.54) is 22.8 Å². The van der Waals surface area contributed by atoms with Crippen LogP contribution in [0.25, 0.3) is 45.0 Å². The summed E-state index contributed by atoms with van der Waals surface area (Å²) in [5, 5.41) is 12.1. The van der Waals surface area contributed by atoms with Gasteiger partial charge in [0.2, 0.25) is 0 Å². The first kappa shape index (κ1) is 69.6. The fraction of sp³-hybridized carbons (Fsp3) is 0.324. The van der Waals surface area contributed by atoms with E-state index in [0.717, 1.165) is 61.6 Å². The van der Waals surface area contributed by atoms with Crippen molar-refractivity contribution in [1.29, 1.82) is 0 Å². The summed E-state index contributed by atoms with van der Waals surface area (Å²) in [4.78, 5) is 63.7. The molecule has 0 aliphatic rings. The second kappa shape index (κ2) is 34.8. The van der Waals surface area contributed by atoms with Crippen molar-refractivity contribution < 1.29 is 33.0 Å². The number of ketones is 4. The van der Waals surface area contributed by atoms with Crippen molar-refractivity contribution in [1.82, 2.24) is 41.2 Å². The zero-order valence-electron chi connectivity index (χ0n) is 52.6. The van der Waals surface area contributed by atoms with Gasteiger partial charge in [0, 0.05) is 47.0 Å². The molecule has 0 fully saturated rings. The van der Waals surface area contributed by atoms with Gasteiger partial charge in [-0.15, -0.1) is 0 Å². The topological polar surface area (TPSA) is 186 Å². The van der Waals surface area contributed by atoms with E-state index in [4.69, 9.17) is 21.1 Å². The number of likely N-dealkylation sites (N-methyl/N-ethyl adjacent to an activating group) is 4. The summed E-state index contributed by atoms with van der Waals surface area (Å²) >= 11 is 5.77. The third-order valence-corrected chi connectivity index (χ3v) is 15.0. The van der Waals surface area contributed by atoms with Crippen LogP contribution in [0, 0.1) is 19.7 Å². The summed E-state index contributed by atoms with van der Waals surface area (Å²) in [7, 11) is 10.4.